The number of aromatic amines is 1. The van der Waals surface area contributed by atoms with Crippen molar-refractivity contribution in [3.8, 4) is 0 Å². The Morgan fingerprint density at radius 1 is 1.29 bits per heavy atom. The van der Waals surface area contributed by atoms with Crippen LogP contribution in [0.1, 0.15) is 16.1 Å². The van der Waals surface area contributed by atoms with Crippen LogP contribution >= 0.6 is 11.6 Å². The van der Waals surface area contributed by atoms with Gasteiger partial charge in [-0.1, -0.05) is 12.1 Å². The lowest BCUT2D eigenvalue weighted by Crippen LogP contribution is -2.12. The number of alkyl halides is 1. The van der Waals surface area contributed by atoms with Gasteiger partial charge in [0.15, 0.2) is 0 Å². The molecule has 0 bridgehead atoms. The normalized spacial score (nSPS) is 10.2. The van der Waals surface area contributed by atoms with Gasteiger partial charge < -0.3 is 5.32 Å². The Balaban J connectivity index is 2.01. The van der Waals surface area contributed by atoms with Gasteiger partial charge >= 0.3 is 0 Å². The molecule has 0 aliphatic rings. The third-order valence-electron chi connectivity index (χ3n) is 2.34. The van der Waals surface area contributed by atoms with Gasteiger partial charge in [-0.15, -0.1) is 11.6 Å². The number of carbonyl (C=O) groups is 1. The molecule has 0 atom stereocenters. The van der Waals surface area contributed by atoms with Gasteiger partial charge in [0.25, 0.3) is 5.91 Å². The third-order valence-corrected chi connectivity index (χ3v) is 2.53. The number of nitrogens with one attached hydrogen (secondary N) is 2. The summed E-state index contributed by atoms with van der Waals surface area (Å²) in [5, 5.41) is 9.10. The first kappa shape index (κ1) is 11.7. The first-order chi connectivity index (χ1) is 8.29. The van der Waals surface area contributed by atoms with Crippen LogP contribution in [0, 0.1) is 0 Å². The van der Waals surface area contributed by atoms with Gasteiger partial charge in [-0.3, -0.25) is 9.89 Å². The highest BCUT2D eigenvalue weighted by Crippen LogP contribution is 2.11. The summed E-state index contributed by atoms with van der Waals surface area (Å²) in [6, 6.07) is 9.24. The number of H-pyrrole nitrogens is 1. The number of carbonyl (C=O) groups excluding carboxylic acids is 1. The predicted octanol–water partition coefficient (Wildman–Crippen LogP) is 2.44. The number of hydrogen-bond acceptors (Lipinski definition) is 2. The SMILES string of the molecule is O=C(Nc1ccc(CCCl)cc1)c1ccn[nH]1. The van der Waals surface area contributed by atoms with Crippen LogP contribution in [-0.4, -0.2) is 22.0 Å². The summed E-state index contributed by atoms with van der Waals surface area (Å²) in [5.41, 5.74) is 2.34. The average Bonchev–Trinajstić information content (AvgIpc) is 2.86. The zero-order chi connectivity index (χ0) is 12.1. The van der Waals surface area contributed by atoms with Crippen LogP contribution in [0.3, 0.4) is 0 Å². The van der Waals surface area contributed by atoms with Crippen molar-refractivity contribution < 1.29 is 4.79 Å². The minimum Gasteiger partial charge on any atom is -0.321 e. The fraction of sp³-hybridized carbons (Fsp3) is 0.167. The third kappa shape index (κ3) is 3.07. The minimum atomic E-state index is -0.201. The molecule has 0 saturated heterocycles. The van der Waals surface area contributed by atoms with Gasteiger partial charge in [-0.05, 0) is 30.2 Å². The Morgan fingerprint density at radius 3 is 2.65 bits per heavy atom. The summed E-state index contributed by atoms with van der Waals surface area (Å²) < 4.78 is 0. The fourth-order valence-corrected chi connectivity index (χ4v) is 1.66. The Kier molecular flexibility index (Phi) is 3.77. The van der Waals surface area contributed by atoms with Gasteiger partial charge in [0, 0.05) is 17.8 Å². The topological polar surface area (TPSA) is 57.8 Å². The molecule has 1 aromatic heterocycles. The maximum absolute atomic E-state index is 11.7. The summed E-state index contributed by atoms with van der Waals surface area (Å²) in [5.74, 6) is 0.396. The van der Waals surface area contributed by atoms with E-state index in [4.69, 9.17) is 11.6 Å². The van der Waals surface area contributed by atoms with E-state index >= 15 is 0 Å². The van der Waals surface area contributed by atoms with E-state index in [-0.39, 0.29) is 5.91 Å². The second-order valence-corrected chi connectivity index (χ2v) is 3.94. The van der Waals surface area contributed by atoms with Crippen LogP contribution in [0.2, 0.25) is 0 Å². The number of nitrogens with zero attached hydrogens (tertiary/aromatic N) is 1. The van der Waals surface area contributed by atoms with E-state index in [1.54, 1.807) is 12.3 Å². The largest absolute Gasteiger partial charge is 0.321 e. The van der Waals surface area contributed by atoms with Crippen molar-refractivity contribution in [1.82, 2.24) is 10.2 Å². The molecule has 2 rings (SSSR count). The number of amides is 1. The number of benzene rings is 1. The van der Waals surface area contributed by atoms with E-state index in [9.17, 15) is 4.79 Å². The van der Waals surface area contributed by atoms with Crippen molar-refractivity contribution in [1.29, 1.82) is 0 Å². The van der Waals surface area contributed by atoms with Crippen molar-refractivity contribution in [2.45, 2.75) is 6.42 Å². The van der Waals surface area contributed by atoms with Crippen LogP contribution in [0.15, 0.2) is 36.5 Å². The molecule has 88 valence electrons. The van der Waals surface area contributed by atoms with Crippen molar-refractivity contribution in [3.05, 3.63) is 47.8 Å². The second-order valence-electron chi connectivity index (χ2n) is 3.56. The molecule has 4 nitrogen and oxygen atoms in total. The van der Waals surface area contributed by atoms with Crippen LogP contribution < -0.4 is 5.32 Å². The van der Waals surface area contributed by atoms with Crippen LogP contribution in [0.4, 0.5) is 5.69 Å². The molecule has 0 aliphatic carbocycles. The predicted molar refractivity (Wildman–Crippen MR) is 67.4 cm³/mol. The maximum Gasteiger partial charge on any atom is 0.273 e. The zero-order valence-corrected chi connectivity index (χ0v) is 9.87. The molecule has 1 heterocycles. The minimum absolute atomic E-state index is 0.201. The van der Waals surface area contributed by atoms with Crippen molar-refractivity contribution in [2.24, 2.45) is 0 Å². The molecule has 0 saturated carbocycles. The van der Waals surface area contributed by atoms with Crippen LogP contribution in [0.25, 0.3) is 0 Å². The lowest BCUT2D eigenvalue weighted by atomic mass is 10.1. The van der Waals surface area contributed by atoms with Crippen molar-refractivity contribution in [2.75, 3.05) is 11.2 Å². The average molecular weight is 250 g/mol. The smallest absolute Gasteiger partial charge is 0.273 e. The molecule has 0 spiro atoms. The summed E-state index contributed by atoms with van der Waals surface area (Å²) in [6.45, 7) is 0. The van der Waals surface area contributed by atoms with Gasteiger partial charge in [-0.2, -0.15) is 5.10 Å². The molecule has 17 heavy (non-hydrogen) atoms. The van der Waals surface area contributed by atoms with Crippen LogP contribution in [0.5, 0.6) is 0 Å². The molecular formula is C12H12ClN3O. The highest BCUT2D eigenvalue weighted by Gasteiger charge is 2.06. The van der Waals surface area contributed by atoms with E-state index < -0.39 is 0 Å². The molecule has 0 unspecified atom stereocenters. The van der Waals surface area contributed by atoms with E-state index in [2.05, 4.69) is 15.5 Å². The molecule has 0 fully saturated rings. The number of halogens is 1. The molecule has 0 aliphatic heterocycles. The Hall–Kier alpha value is -1.81. The number of anilines is 1. The summed E-state index contributed by atoms with van der Waals surface area (Å²) in [7, 11) is 0. The fourth-order valence-electron chi connectivity index (χ4n) is 1.44. The van der Waals surface area contributed by atoms with Gasteiger partial charge in [0.2, 0.25) is 0 Å². The summed E-state index contributed by atoms with van der Waals surface area (Å²) >= 11 is 5.65. The lowest BCUT2D eigenvalue weighted by Gasteiger charge is -2.04. The summed E-state index contributed by atoms with van der Waals surface area (Å²) in [6.07, 6.45) is 2.37. The molecule has 2 aromatic rings. The van der Waals surface area contributed by atoms with Crippen molar-refractivity contribution in [3.63, 3.8) is 0 Å². The van der Waals surface area contributed by atoms with Gasteiger partial charge in [0.1, 0.15) is 5.69 Å². The Morgan fingerprint density at radius 2 is 2.06 bits per heavy atom. The molecule has 0 radical (unpaired) electrons. The molecular weight excluding hydrogens is 238 g/mol. The highest BCUT2D eigenvalue weighted by molar-refractivity contribution is 6.18. The Labute approximate surface area is 104 Å². The second kappa shape index (κ2) is 5.50. The molecule has 2 N–H and O–H groups in total. The number of hydrogen-bond donors (Lipinski definition) is 2. The lowest BCUT2D eigenvalue weighted by molar-refractivity contribution is 0.102. The first-order valence-electron chi connectivity index (χ1n) is 5.25. The van der Waals surface area contributed by atoms with E-state index in [1.165, 1.54) is 0 Å². The molecule has 1 aromatic carbocycles. The standard InChI is InChI=1S/C12H12ClN3O/c13-7-5-9-1-3-10(4-2-9)15-12(17)11-6-8-14-16-11/h1-4,6,8H,5,7H2,(H,14,16)(H,15,17). The van der Waals surface area contributed by atoms with Crippen LogP contribution in [-0.2, 0) is 6.42 Å². The summed E-state index contributed by atoms with van der Waals surface area (Å²) in [4.78, 5) is 11.7. The van der Waals surface area contributed by atoms with Gasteiger partial charge in [0.05, 0.1) is 0 Å². The van der Waals surface area contributed by atoms with E-state index in [1.807, 2.05) is 24.3 Å². The monoisotopic (exact) mass is 249 g/mol. The van der Waals surface area contributed by atoms with E-state index in [0.29, 0.717) is 11.6 Å². The van der Waals surface area contributed by atoms with Crippen molar-refractivity contribution >= 4 is 23.2 Å². The first-order valence-corrected chi connectivity index (χ1v) is 5.78. The maximum atomic E-state index is 11.7. The number of aryl methyl sites for hydroxylation is 1. The zero-order valence-electron chi connectivity index (χ0n) is 9.11. The number of aromatic nitrogens is 2. The van der Waals surface area contributed by atoms with E-state index in [0.717, 1.165) is 17.7 Å². The molecule has 1 amide bonds. The highest BCUT2D eigenvalue weighted by atomic mass is 35.5. The van der Waals surface area contributed by atoms with Gasteiger partial charge in [-0.25, -0.2) is 0 Å². The number of rotatable bonds is 4. The quantitative estimate of drug-likeness (QED) is 0.818. The Bertz CT molecular complexity index is 479. The molecule has 5 heteroatoms.